The van der Waals surface area contributed by atoms with Gasteiger partial charge in [0.25, 0.3) is 0 Å². The quantitative estimate of drug-likeness (QED) is 0.694. The number of aromatic nitrogens is 1. The first kappa shape index (κ1) is 18.2. The molecule has 1 aromatic carbocycles. The van der Waals surface area contributed by atoms with Crippen molar-refractivity contribution >= 4 is 28.5 Å². The number of anilines is 1. The predicted octanol–water partition coefficient (Wildman–Crippen LogP) is 1.56. The summed E-state index contributed by atoms with van der Waals surface area (Å²) < 4.78 is 1.60. The normalized spacial score (nSPS) is 17.2. The minimum atomic E-state index is -0.992. The zero-order valence-electron chi connectivity index (χ0n) is 15.0. The van der Waals surface area contributed by atoms with Gasteiger partial charge < -0.3 is 25.1 Å². The highest BCUT2D eigenvalue weighted by molar-refractivity contribution is 5.95. The molecule has 2 heterocycles. The average molecular weight is 360 g/mol. The largest absolute Gasteiger partial charge is 0.477 e. The molecule has 0 atom stereocenters. The van der Waals surface area contributed by atoms with Gasteiger partial charge in [0, 0.05) is 31.0 Å². The number of nitrogens with one attached hydrogen (secondary N) is 1. The highest BCUT2D eigenvalue weighted by atomic mass is 16.7. The molecule has 0 bridgehead atoms. The number of aromatic carboxylic acids is 1. The third-order valence-electron chi connectivity index (χ3n) is 5.13. The summed E-state index contributed by atoms with van der Waals surface area (Å²) in [7, 11) is 1.69. The summed E-state index contributed by atoms with van der Waals surface area (Å²) in [6.07, 6.45) is 1.11. The number of hydrogen-bond donors (Lipinski definition) is 3. The van der Waals surface area contributed by atoms with Crippen LogP contribution >= 0.6 is 0 Å². The van der Waals surface area contributed by atoms with Crippen LogP contribution in [0.25, 0.3) is 10.9 Å². The Morgan fingerprint density at radius 1 is 1.31 bits per heavy atom. The van der Waals surface area contributed by atoms with E-state index in [1.54, 1.807) is 35.9 Å². The van der Waals surface area contributed by atoms with Crippen LogP contribution in [0.3, 0.4) is 0 Å². The lowest BCUT2D eigenvalue weighted by molar-refractivity contribution is -0.149. The topological polar surface area (TPSA) is 110 Å². The fraction of sp³-hybridized carbons (Fsp3) is 0.444. The predicted molar refractivity (Wildman–Crippen MR) is 97.9 cm³/mol. The Kier molecular flexibility index (Phi) is 4.88. The van der Waals surface area contributed by atoms with Gasteiger partial charge in [-0.2, -0.15) is 0 Å². The van der Waals surface area contributed by atoms with E-state index >= 15 is 0 Å². The molecule has 2 aromatic rings. The summed E-state index contributed by atoms with van der Waals surface area (Å²) in [5, 5.41) is 9.94. The molecule has 0 saturated carbocycles. The van der Waals surface area contributed by atoms with E-state index in [0.717, 1.165) is 30.5 Å². The van der Waals surface area contributed by atoms with E-state index in [-0.39, 0.29) is 5.69 Å². The molecule has 1 fully saturated rings. The van der Waals surface area contributed by atoms with Crippen LogP contribution in [0.4, 0.5) is 5.69 Å². The summed E-state index contributed by atoms with van der Waals surface area (Å²) in [5.41, 5.74) is 9.41. The number of carboxylic acids is 1. The van der Waals surface area contributed by atoms with Crippen molar-refractivity contribution in [3.8, 4) is 0 Å². The van der Waals surface area contributed by atoms with E-state index in [9.17, 15) is 14.7 Å². The highest BCUT2D eigenvalue weighted by Gasteiger charge is 2.39. The van der Waals surface area contributed by atoms with E-state index in [0.29, 0.717) is 18.5 Å². The lowest BCUT2D eigenvalue weighted by Crippen LogP contribution is -2.56. The number of piperidine rings is 1. The molecular formula is C18H24N4O4. The number of hydrogen-bond acceptors (Lipinski definition) is 6. The second-order valence-electron chi connectivity index (χ2n) is 6.75. The highest BCUT2D eigenvalue weighted by Crippen LogP contribution is 2.24. The number of aryl methyl sites for hydroxylation is 1. The molecule has 0 radical (unpaired) electrons. The minimum absolute atomic E-state index is 0.192. The Morgan fingerprint density at radius 2 is 2.00 bits per heavy atom. The molecule has 1 aromatic heterocycles. The molecule has 26 heavy (non-hydrogen) atoms. The number of nitrogens with zero attached hydrogens (tertiary/aromatic N) is 2. The van der Waals surface area contributed by atoms with Crippen molar-refractivity contribution in [1.29, 1.82) is 0 Å². The van der Waals surface area contributed by atoms with Crippen LogP contribution in [0.2, 0.25) is 0 Å². The summed E-state index contributed by atoms with van der Waals surface area (Å²) in [6.45, 7) is 4.57. The summed E-state index contributed by atoms with van der Waals surface area (Å²) in [4.78, 5) is 31.1. The van der Waals surface area contributed by atoms with Gasteiger partial charge in [0.1, 0.15) is 11.2 Å². The van der Waals surface area contributed by atoms with Gasteiger partial charge >= 0.3 is 11.9 Å². The smallest absolute Gasteiger partial charge is 0.352 e. The summed E-state index contributed by atoms with van der Waals surface area (Å²) >= 11 is 0. The fourth-order valence-corrected chi connectivity index (χ4v) is 3.30. The van der Waals surface area contributed by atoms with Crippen LogP contribution in [-0.4, -0.2) is 51.7 Å². The number of carboxylic acid groups (broad SMARTS) is 1. The molecule has 8 heteroatoms. The van der Waals surface area contributed by atoms with E-state index in [1.807, 2.05) is 0 Å². The fourth-order valence-electron chi connectivity index (χ4n) is 3.30. The van der Waals surface area contributed by atoms with Gasteiger partial charge in [-0.3, -0.25) is 0 Å². The van der Waals surface area contributed by atoms with Gasteiger partial charge in [-0.25, -0.2) is 15.1 Å². The van der Waals surface area contributed by atoms with Crippen LogP contribution in [0.1, 0.15) is 30.3 Å². The number of carbonyl (C=O) groups is 2. The van der Waals surface area contributed by atoms with E-state index in [1.165, 1.54) is 0 Å². The van der Waals surface area contributed by atoms with Crippen LogP contribution in [0, 0.1) is 0 Å². The third-order valence-corrected chi connectivity index (χ3v) is 5.13. The molecule has 3 rings (SSSR count). The zero-order valence-corrected chi connectivity index (χ0v) is 15.0. The lowest BCUT2D eigenvalue weighted by atomic mass is 9.89. The molecule has 0 unspecified atom stereocenters. The number of carbonyl (C=O) groups excluding carboxylic acids is 1. The number of fused-ring (bicyclic) bond motifs is 1. The van der Waals surface area contributed by atoms with Crippen molar-refractivity contribution in [2.24, 2.45) is 12.8 Å². The average Bonchev–Trinajstić information content (AvgIpc) is 2.97. The van der Waals surface area contributed by atoms with Gasteiger partial charge in [0.05, 0.1) is 5.69 Å². The lowest BCUT2D eigenvalue weighted by Gasteiger charge is -2.36. The Morgan fingerprint density at radius 3 is 2.62 bits per heavy atom. The summed E-state index contributed by atoms with van der Waals surface area (Å²) in [6, 6.07) is 6.81. The van der Waals surface area contributed by atoms with E-state index < -0.39 is 17.5 Å². The molecule has 0 amide bonds. The zero-order chi connectivity index (χ0) is 18.9. The standard InChI is InChI=1S/C18H24N4O4/c1-3-22-8-6-18(19,7-9-22)17(25)26-20-13-4-5-14-12(10-13)11-15(16(23)24)21(14)2/h4-5,10-11,20H,3,6-9,19H2,1-2H3,(H,23,24). The summed E-state index contributed by atoms with van der Waals surface area (Å²) in [5.74, 6) is -1.47. The number of likely N-dealkylation sites (tertiary alicyclic amines) is 1. The van der Waals surface area contributed by atoms with Crippen LogP contribution in [0.5, 0.6) is 0 Å². The van der Waals surface area contributed by atoms with Crippen molar-refractivity contribution in [3.05, 3.63) is 30.0 Å². The van der Waals surface area contributed by atoms with Crippen molar-refractivity contribution in [2.45, 2.75) is 25.3 Å². The second kappa shape index (κ2) is 6.97. The van der Waals surface area contributed by atoms with Crippen LogP contribution in [0.15, 0.2) is 24.3 Å². The molecule has 0 spiro atoms. The first-order valence-electron chi connectivity index (χ1n) is 8.65. The maximum atomic E-state index is 12.4. The van der Waals surface area contributed by atoms with Crippen molar-refractivity contribution in [3.63, 3.8) is 0 Å². The SMILES string of the molecule is CCN1CCC(N)(C(=O)ONc2ccc3c(c2)cc(C(=O)O)n3C)CC1. The molecule has 0 aliphatic carbocycles. The van der Waals surface area contributed by atoms with Gasteiger partial charge in [-0.1, -0.05) is 6.92 Å². The van der Waals surface area contributed by atoms with Gasteiger partial charge in [-0.05, 0) is 43.7 Å². The Balaban J connectivity index is 1.68. The Bertz CT molecular complexity index is 837. The van der Waals surface area contributed by atoms with Gasteiger partial charge in [-0.15, -0.1) is 0 Å². The molecular weight excluding hydrogens is 336 g/mol. The number of benzene rings is 1. The van der Waals surface area contributed by atoms with Crippen LogP contribution < -0.4 is 11.2 Å². The third kappa shape index (κ3) is 3.38. The molecule has 8 nitrogen and oxygen atoms in total. The van der Waals surface area contributed by atoms with Gasteiger partial charge in [0.15, 0.2) is 0 Å². The minimum Gasteiger partial charge on any atom is -0.477 e. The maximum absolute atomic E-state index is 12.4. The first-order valence-corrected chi connectivity index (χ1v) is 8.65. The van der Waals surface area contributed by atoms with Crippen LogP contribution in [-0.2, 0) is 16.7 Å². The number of rotatable bonds is 5. The monoisotopic (exact) mass is 360 g/mol. The second-order valence-corrected chi connectivity index (χ2v) is 6.75. The van der Waals surface area contributed by atoms with Crippen molar-refractivity contribution < 1.29 is 19.5 Å². The molecule has 1 saturated heterocycles. The van der Waals surface area contributed by atoms with Gasteiger partial charge in [0.2, 0.25) is 0 Å². The molecule has 1 aliphatic heterocycles. The molecule has 140 valence electrons. The van der Waals surface area contributed by atoms with Crippen molar-refractivity contribution in [2.75, 3.05) is 25.1 Å². The molecule has 1 aliphatic rings. The molecule has 4 N–H and O–H groups in total. The Labute approximate surface area is 151 Å². The van der Waals surface area contributed by atoms with Crippen molar-refractivity contribution in [1.82, 2.24) is 9.47 Å². The first-order chi connectivity index (χ1) is 12.3. The van der Waals surface area contributed by atoms with E-state index in [2.05, 4.69) is 17.3 Å². The maximum Gasteiger partial charge on any atom is 0.352 e. The van der Waals surface area contributed by atoms with E-state index in [4.69, 9.17) is 10.6 Å². The number of nitrogens with two attached hydrogens (primary N) is 1. The Hall–Kier alpha value is -2.58.